The number of nitrogens with zero attached hydrogens (tertiary/aromatic N) is 1. The van der Waals surface area contributed by atoms with Gasteiger partial charge in [-0.05, 0) is 51.2 Å². The maximum absolute atomic E-state index is 12.3. The summed E-state index contributed by atoms with van der Waals surface area (Å²) in [6.45, 7) is 6.03. The Morgan fingerprint density at radius 1 is 1.23 bits per heavy atom. The molecule has 1 aromatic rings. The van der Waals surface area contributed by atoms with Gasteiger partial charge in [-0.2, -0.15) is 0 Å². The summed E-state index contributed by atoms with van der Waals surface area (Å²) in [5.41, 5.74) is 2.20. The number of nitrogens with one attached hydrogen (secondary N) is 1. The van der Waals surface area contributed by atoms with E-state index in [1.165, 1.54) is 5.56 Å². The van der Waals surface area contributed by atoms with E-state index in [2.05, 4.69) is 5.32 Å². The Labute approximate surface area is 154 Å². The van der Waals surface area contributed by atoms with Crippen molar-refractivity contribution in [2.75, 3.05) is 26.3 Å². The zero-order valence-corrected chi connectivity index (χ0v) is 15.6. The van der Waals surface area contributed by atoms with Crippen LogP contribution in [0.2, 0.25) is 0 Å². The van der Waals surface area contributed by atoms with Crippen LogP contribution in [0, 0.1) is 13.8 Å². The molecule has 2 fully saturated rings. The first-order valence-electron chi connectivity index (χ1n) is 9.43. The van der Waals surface area contributed by atoms with Gasteiger partial charge < -0.3 is 19.7 Å². The van der Waals surface area contributed by atoms with Crippen LogP contribution >= 0.6 is 0 Å². The van der Waals surface area contributed by atoms with Gasteiger partial charge in [-0.25, -0.2) is 0 Å². The lowest BCUT2D eigenvalue weighted by atomic mass is 10.0. The molecule has 1 N–H and O–H groups in total. The summed E-state index contributed by atoms with van der Waals surface area (Å²) in [4.78, 5) is 26.4. The quantitative estimate of drug-likeness (QED) is 0.872. The molecule has 26 heavy (non-hydrogen) atoms. The summed E-state index contributed by atoms with van der Waals surface area (Å²) in [6.07, 6.45) is 3.07. The number of carbonyl (C=O) groups is 2. The van der Waals surface area contributed by atoms with E-state index in [4.69, 9.17) is 9.47 Å². The van der Waals surface area contributed by atoms with Crippen molar-refractivity contribution < 1.29 is 19.1 Å². The fourth-order valence-corrected chi connectivity index (χ4v) is 3.59. The highest BCUT2D eigenvalue weighted by Crippen LogP contribution is 2.20. The number of piperidine rings is 1. The van der Waals surface area contributed by atoms with Crippen molar-refractivity contribution in [1.29, 1.82) is 0 Å². The Hall–Kier alpha value is -2.08. The average Bonchev–Trinajstić information content (AvgIpc) is 3.16. The number of benzene rings is 1. The first kappa shape index (κ1) is 18.7. The molecule has 6 nitrogen and oxygen atoms in total. The van der Waals surface area contributed by atoms with Crippen molar-refractivity contribution >= 4 is 11.8 Å². The third kappa shape index (κ3) is 4.75. The van der Waals surface area contributed by atoms with Crippen LogP contribution in [0.4, 0.5) is 0 Å². The zero-order chi connectivity index (χ0) is 18.5. The van der Waals surface area contributed by atoms with Gasteiger partial charge in [0.1, 0.15) is 11.9 Å². The number of aryl methyl sites for hydroxylation is 2. The third-order valence-corrected chi connectivity index (χ3v) is 5.07. The summed E-state index contributed by atoms with van der Waals surface area (Å²) < 4.78 is 11.1. The van der Waals surface area contributed by atoms with Gasteiger partial charge in [0.15, 0.2) is 6.61 Å². The first-order valence-corrected chi connectivity index (χ1v) is 9.43. The van der Waals surface area contributed by atoms with E-state index in [-0.39, 0.29) is 30.6 Å². The molecule has 1 atom stereocenters. The number of hydrogen-bond acceptors (Lipinski definition) is 4. The lowest BCUT2D eigenvalue weighted by molar-refractivity contribution is -0.142. The van der Waals surface area contributed by atoms with E-state index in [9.17, 15) is 9.59 Å². The number of rotatable bonds is 5. The minimum Gasteiger partial charge on any atom is -0.484 e. The monoisotopic (exact) mass is 360 g/mol. The molecule has 0 bridgehead atoms. The molecule has 6 heteroatoms. The summed E-state index contributed by atoms with van der Waals surface area (Å²) in [5, 5.41) is 3.02. The fraction of sp³-hybridized carbons (Fsp3) is 0.600. The first-order chi connectivity index (χ1) is 12.5. The van der Waals surface area contributed by atoms with Crippen molar-refractivity contribution in [3.05, 3.63) is 29.3 Å². The summed E-state index contributed by atoms with van der Waals surface area (Å²) in [6, 6.07) is 6.00. The lowest BCUT2D eigenvalue weighted by Gasteiger charge is -2.33. The standard InChI is InChI=1S/C20H28N2O4/c1-14-5-6-17(15(2)12-14)26-13-19(23)21-16-7-9-22(10-8-16)20(24)18-4-3-11-25-18/h5-6,12,16,18H,3-4,7-11,13H2,1-2H3,(H,21,23). The zero-order valence-electron chi connectivity index (χ0n) is 15.6. The Morgan fingerprint density at radius 3 is 2.65 bits per heavy atom. The second-order valence-corrected chi connectivity index (χ2v) is 7.23. The molecule has 2 amide bonds. The average molecular weight is 360 g/mol. The predicted octanol–water partition coefficient (Wildman–Crippen LogP) is 1.97. The molecule has 3 rings (SSSR count). The van der Waals surface area contributed by atoms with Crippen molar-refractivity contribution in [2.45, 2.75) is 51.7 Å². The molecular formula is C20H28N2O4. The maximum Gasteiger partial charge on any atom is 0.258 e. The van der Waals surface area contributed by atoms with Gasteiger partial charge in [-0.3, -0.25) is 9.59 Å². The van der Waals surface area contributed by atoms with Crippen LogP contribution in [-0.4, -0.2) is 55.2 Å². The molecule has 0 saturated carbocycles. The molecular weight excluding hydrogens is 332 g/mol. The van der Waals surface area contributed by atoms with E-state index in [0.717, 1.165) is 37.0 Å². The van der Waals surface area contributed by atoms with E-state index in [1.807, 2.05) is 36.9 Å². The summed E-state index contributed by atoms with van der Waals surface area (Å²) in [5.74, 6) is 0.724. The van der Waals surface area contributed by atoms with Gasteiger partial charge in [0, 0.05) is 25.7 Å². The van der Waals surface area contributed by atoms with Crippen molar-refractivity contribution in [1.82, 2.24) is 10.2 Å². The van der Waals surface area contributed by atoms with Crippen molar-refractivity contribution in [3.8, 4) is 5.75 Å². The van der Waals surface area contributed by atoms with E-state index in [1.54, 1.807) is 0 Å². The minimum atomic E-state index is -0.257. The van der Waals surface area contributed by atoms with E-state index in [0.29, 0.717) is 19.7 Å². The van der Waals surface area contributed by atoms with Gasteiger partial charge in [-0.15, -0.1) is 0 Å². The Balaban J connectivity index is 1.39. The van der Waals surface area contributed by atoms with Gasteiger partial charge in [0.2, 0.25) is 0 Å². The number of likely N-dealkylation sites (tertiary alicyclic amines) is 1. The second kappa shape index (κ2) is 8.54. The van der Waals surface area contributed by atoms with Gasteiger partial charge in [0.25, 0.3) is 11.8 Å². The minimum absolute atomic E-state index is 0.0129. The van der Waals surface area contributed by atoms with Gasteiger partial charge in [0.05, 0.1) is 0 Å². The van der Waals surface area contributed by atoms with Gasteiger partial charge in [-0.1, -0.05) is 17.7 Å². The molecule has 0 aliphatic carbocycles. The number of hydrogen-bond donors (Lipinski definition) is 1. The van der Waals surface area contributed by atoms with Crippen LogP contribution in [0.15, 0.2) is 18.2 Å². The van der Waals surface area contributed by atoms with E-state index >= 15 is 0 Å². The Morgan fingerprint density at radius 2 is 2.00 bits per heavy atom. The smallest absolute Gasteiger partial charge is 0.258 e. The topological polar surface area (TPSA) is 67.9 Å². The molecule has 0 radical (unpaired) electrons. The Kier molecular flexibility index (Phi) is 6.14. The van der Waals surface area contributed by atoms with Crippen LogP contribution < -0.4 is 10.1 Å². The molecule has 1 aromatic carbocycles. The molecule has 0 spiro atoms. The molecule has 2 saturated heterocycles. The largest absolute Gasteiger partial charge is 0.484 e. The molecule has 2 aliphatic rings. The molecule has 2 aliphatic heterocycles. The number of carbonyl (C=O) groups excluding carboxylic acids is 2. The fourth-order valence-electron chi connectivity index (χ4n) is 3.59. The van der Waals surface area contributed by atoms with Crippen LogP contribution in [0.3, 0.4) is 0 Å². The van der Waals surface area contributed by atoms with Crippen LogP contribution in [-0.2, 0) is 14.3 Å². The highest BCUT2D eigenvalue weighted by Gasteiger charge is 2.31. The Bertz CT molecular complexity index is 647. The van der Waals surface area contributed by atoms with Gasteiger partial charge >= 0.3 is 0 Å². The van der Waals surface area contributed by atoms with Crippen LogP contribution in [0.5, 0.6) is 5.75 Å². The van der Waals surface area contributed by atoms with Crippen LogP contribution in [0.1, 0.15) is 36.8 Å². The highest BCUT2D eigenvalue weighted by molar-refractivity contribution is 5.81. The summed E-state index contributed by atoms with van der Waals surface area (Å²) >= 11 is 0. The summed E-state index contributed by atoms with van der Waals surface area (Å²) in [7, 11) is 0. The molecule has 142 valence electrons. The lowest BCUT2D eigenvalue weighted by Crippen LogP contribution is -2.49. The normalized spacial score (nSPS) is 20.8. The number of amides is 2. The SMILES string of the molecule is Cc1ccc(OCC(=O)NC2CCN(C(=O)C3CCCO3)CC2)c(C)c1. The highest BCUT2D eigenvalue weighted by atomic mass is 16.5. The van der Waals surface area contributed by atoms with Crippen molar-refractivity contribution in [3.63, 3.8) is 0 Å². The predicted molar refractivity (Wildman–Crippen MR) is 98.1 cm³/mol. The van der Waals surface area contributed by atoms with Crippen LogP contribution in [0.25, 0.3) is 0 Å². The molecule has 0 aromatic heterocycles. The molecule has 2 heterocycles. The third-order valence-electron chi connectivity index (χ3n) is 5.07. The second-order valence-electron chi connectivity index (χ2n) is 7.23. The maximum atomic E-state index is 12.3. The molecule has 1 unspecified atom stereocenters. The number of ether oxygens (including phenoxy) is 2. The van der Waals surface area contributed by atoms with E-state index < -0.39 is 0 Å². The van der Waals surface area contributed by atoms with Crippen molar-refractivity contribution in [2.24, 2.45) is 0 Å².